The first-order valence-electron chi connectivity index (χ1n) is 10.7. The molecule has 1 aliphatic heterocycles. The summed E-state index contributed by atoms with van der Waals surface area (Å²) >= 11 is 0. The highest BCUT2D eigenvalue weighted by Crippen LogP contribution is 2.25. The Bertz CT molecular complexity index is 1080. The van der Waals surface area contributed by atoms with Crippen molar-refractivity contribution in [1.82, 2.24) is 19.9 Å². The van der Waals surface area contributed by atoms with E-state index in [9.17, 15) is 9.59 Å². The summed E-state index contributed by atoms with van der Waals surface area (Å²) in [5.74, 6) is 1.42. The zero-order valence-corrected chi connectivity index (χ0v) is 18.2. The highest BCUT2D eigenvalue weighted by Gasteiger charge is 2.29. The second kappa shape index (κ2) is 8.79. The van der Waals surface area contributed by atoms with Gasteiger partial charge in [0.05, 0.1) is 5.56 Å². The molecule has 31 heavy (non-hydrogen) atoms. The Labute approximate surface area is 182 Å². The summed E-state index contributed by atoms with van der Waals surface area (Å²) in [6.45, 7) is 7.42. The lowest BCUT2D eigenvalue weighted by Gasteiger charge is -2.31. The molecule has 0 saturated carbocycles. The molecule has 1 aliphatic rings. The standard InChI is InChI=1S/C24H28N4O3/c1-16-13-21(18(3)28(16)22-14-17(2)31-26-22)24(30)27-11-9-20(10-12-27)23(29)25-15-19-7-5-4-6-8-19/h4-8,13-14,20H,9-12,15H2,1-3H3,(H,25,29). The Morgan fingerprint density at radius 2 is 1.81 bits per heavy atom. The van der Waals surface area contributed by atoms with Crippen molar-refractivity contribution in [3.63, 3.8) is 0 Å². The summed E-state index contributed by atoms with van der Waals surface area (Å²) in [6, 6.07) is 13.6. The highest BCUT2D eigenvalue weighted by atomic mass is 16.5. The van der Waals surface area contributed by atoms with E-state index in [0.29, 0.717) is 43.9 Å². The Balaban J connectivity index is 1.37. The van der Waals surface area contributed by atoms with E-state index in [1.807, 2.05) is 72.7 Å². The van der Waals surface area contributed by atoms with Gasteiger partial charge in [-0.15, -0.1) is 0 Å². The maximum Gasteiger partial charge on any atom is 0.255 e. The molecule has 2 aromatic heterocycles. The third kappa shape index (κ3) is 4.40. The number of carbonyl (C=O) groups excluding carboxylic acids is 2. The number of amides is 2. The van der Waals surface area contributed by atoms with Crippen LogP contribution in [-0.2, 0) is 11.3 Å². The second-order valence-corrected chi connectivity index (χ2v) is 8.19. The monoisotopic (exact) mass is 420 g/mol. The number of carbonyl (C=O) groups is 2. The number of nitrogens with zero attached hydrogens (tertiary/aromatic N) is 3. The number of nitrogens with one attached hydrogen (secondary N) is 1. The summed E-state index contributed by atoms with van der Waals surface area (Å²) in [7, 11) is 0. The number of hydrogen-bond acceptors (Lipinski definition) is 4. The van der Waals surface area contributed by atoms with Crippen molar-refractivity contribution in [3.8, 4) is 5.82 Å². The molecule has 162 valence electrons. The first kappa shape index (κ1) is 20.9. The quantitative estimate of drug-likeness (QED) is 0.684. The van der Waals surface area contributed by atoms with Gasteiger partial charge in [0.15, 0.2) is 5.82 Å². The van der Waals surface area contributed by atoms with Gasteiger partial charge < -0.3 is 14.7 Å². The normalized spacial score (nSPS) is 14.6. The second-order valence-electron chi connectivity index (χ2n) is 8.19. The fourth-order valence-electron chi connectivity index (χ4n) is 4.23. The molecule has 3 aromatic rings. The number of rotatable bonds is 5. The summed E-state index contributed by atoms with van der Waals surface area (Å²) in [5.41, 5.74) is 3.54. The third-order valence-electron chi connectivity index (χ3n) is 5.97. The van der Waals surface area contributed by atoms with Gasteiger partial charge in [0.25, 0.3) is 5.91 Å². The first-order valence-corrected chi connectivity index (χ1v) is 10.7. The molecule has 1 fully saturated rings. The van der Waals surface area contributed by atoms with Gasteiger partial charge in [0.1, 0.15) is 5.76 Å². The minimum atomic E-state index is -0.0571. The Hall–Kier alpha value is -3.35. The molecule has 2 amide bonds. The van der Waals surface area contributed by atoms with Crippen LogP contribution in [0.2, 0.25) is 0 Å². The van der Waals surface area contributed by atoms with Crippen molar-refractivity contribution >= 4 is 11.8 Å². The zero-order chi connectivity index (χ0) is 22.0. The van der Waals surface area contributed by atoms with Gasteiger partial charge in [0, 0.05) is 43.0 Å². The molecule has 0 unspecified atom stereocenters. The molecule has 0 spiro atoms. The summed E-state index contributed by atoms with van der Waals surface area (Å²) in [5, 5.41) is 7.10. The molecule has 1 saturated heterocycles. The van der Waals surface area contributed by atoms with E-state index >= 15 is 0 Å². The van der Waals surface area contributed by atoms with E-state index in [-0.39, 0.29) is 17.7 Å². The van der Waals surface area contributed by atoms with Crippen molar-refractivity contribution in [2.45, 2.75) is 40.2 Å². The topological polar surface area (TPSA) is 80.4 Å². The average Bonchev–Trinajstić information content (AvgIpc) is 3.34. The highest BCUT2D eigenvalue weighted by molar-refractivity contribution is 5.96. The van der Waals surface area contributed by atoms with E-state index in [0.717, 1.165) is 22.7 Å². The van der Waals surface area contributed by atoms with Crippen molar-refractivity contribution in [2.75, 3.05) is 13.1 Å². The molecule has 7 nitrogen and oxygen atoms in total. The van der Waals surface area contributed by atoms with Gasteiger partial charge in [0.2, 0.25) is 5.91 Å². The molecule has 0 bridgehead atoms. The van der Waals surface area contributed by atoms with Gasteiger partial charge in [-0.1, -0.05) is 35.5 Å². The Kier molecular flexibility index (Phi) is 5.93. The molecule has 4 rings (SSSR count). The molecule has 1 N–H and O–H groups in total. The van der Waals surface area contributed by atoms with Crippen LogP contribution in [0.4, 0.5) is 0 Å². The number of piperidine rings is 1. The average molecular weight is 421 g/mol. The molecule has 0 aliphatic carbocycles. The van der Waals surface area contributed by atoms with Crippen LogP contribution in [0.3, 0.4) is 0 Å². The van der Waals surface area contributed by atoms with Gasteiger partial charge in [-0.3, -0.25) is 14.2 Å². The van der Waals surface area contributed by atoms with E-state index < -0.39 is 0 Å². The lowest BCUT2D eigenvalue weighted by Crippen LogP contribution is -2.43. The van der Waals surface area contributed by atoms with Crippen LogP contribution in [0.15, 0.2) is 47.0 Å². The van der Waals surface area contributed by atoms with Gasteiger partial charge in [-0.25, -0.2) is 0 Å². The number of aryl methyl sites for hydroxylation is 2. The molecule has 7 heteroatoms. The molecule has 0 radical (unpaired) electrons. The van der Waals surface area contributed by atoms with E-state index in [1.165, 1.54) is 0 Å². The third-order valence-corrected chi connectivity index (χ3v) is 5.97. The lowest BCUT2D eigenvalue weighted by atomic mass is 9.95. The van der Waals surface area contributed by atoms with Crippen molar-refractivity contribution in [1.29, 1.82) is 0 Å². The first-order chi connectivity index (χ1) is 14.9. The number of hydrogen-bond donors (Lipinski definition) is 1. The number of likely N-dealkylation sites (tertiary alicyclic amines) is 1. The van der Waals surface area contributed by atoms with Gasteiger partial charge in [-0.2, -0.15) is 0 Å². The van der Waals surface area contributed by atoms with Crippen LogP contribution in [0.1, 0.15) is 45.9 Å². The maximum absolute atomic E-state index is 13.2. The number of benzene rings is 1. The minimum Gasteiger partial charge on any atom is -0.360 e. The Morgan fingerprint density at radius 1 is 1.10 bits per heavy atom. The maximum atomic E-state index is 13.2. The van der Waals surface area contributed by atoms with Gasteiger partial charge >= 0.3 is 0 Å². The molecular weight excluding hydrogens is 392 g/mol. The predicted octanol–water partition coefficient (Wildman–Crippen LogP) is 3.56. The van der Waals surface area contributed by atoms with Gasteiger partial charge in [-0.05, 0) is 45.2 Å². The van der Waals surface area contributed by atoms with Crippen LogP contribution in [-0.4, -0.2) is 39.5 Å². The Morgan fingerprint density at radius 3 is 2.45 bits per heavy atom. The summed E-state index contributed by atoms with van der Waals surface area (Å²) < 4.78 is 7.13. The molecule has 1 aromatic carbocycles. The van der Waals surface area contributed by atoms with E-state index in [2.05, 4.69) is 10.5 Å². The van der Waals surface area contributed by atoms with Crippen molar-refractivity contribution in [3.05, 3.63) is 70.7 Å². The summed E-state index contributed by atoms with van der Waals surface area (Å²) in [4.78, 5) is 27.6. The van der Waals surface area contributed by atoms with Crippen molar-refractivity contribution in [2.24, 2.45) is 5.92 Å². The predicted molar refractivity (Wildman–Crippen MR) is 117 cm³/mol. The zero-order valence-electron chi connectivity index (χ0n) is 18.2. The van der Waals surface area contributed by atoms with Crippen LogP contribution in [0, 0.1) is 26.7 Å². The smallest absolute Gasteiger partial charge is 0.255 e. The fourth-order valence-corrected chi connectivity index (χ4v) is 4.23. The lowest BCUT2D eigenvalue weighted by molar-refractivity contribution is -0.126. The van der Waals surface area contributed by atoms with E-state index in [1.54, 1.807) is 0 Å². The molecule has 0 atom stereocenters. The van der Waals surface area contributed by atoms with Crippen LogP contribution in [0.25, 0.3) is 5.82 Å². The fraction of sp³-hybridized carbons (Fsp3) is 0.375. The van der Waals surface area contributed by atoms with Crippen LogP contribution >= 0.6 is 0 Å². The van der Waals surface area contributed by atoms with E-state index in [4.69, 9.17) is 4.52 Å². The SMILES string of the molecule is Cc1cc(-n2c(C)cc(C(=O)N3CCC(C(=O)NCc4ccccc4)CC3)c2C)no1. The molecule has 3 heterocycles. The largest absolute Gasteiger partial charge is 0.360 e. The molecular formula is C24H28N4O3. The van der Waals surface area contributed by atoms with Crippen LogP contribution < -0.4 is 5.32 Å². The van der Waals surface area contributed by atoms with Crippen molar-refractivity contribution < 1.29 is 14.1 Å². The summed E-state index contributed by atoms with van der Waals surface area (Å²) in [6.07, 6.45) is 1.35. The van der Waals surface area contributed by atoms with Crippen LogP contribution in [0.5, 0.6) is 0 Å². The number of aromatic nitrogens is 2. The minimum absolute atomic E-state index is 0.00251.